The van der Waals surface area contributed by atoms with Crippen molar-refractivity contribution in [1.29, 1.82) is 0 Å². The number of anilines is 1. The minimum Gasteiger partial charge on any atom is -0.383 e. The topological polar surface area (TPSA) is 54.0 Å². The van der Waals surface area contributed by atoms with Crippen molar-refractivity contribution in [1.82, 2.24) is 10.3 Å². The zero-order valence-corrected chi connectivity index (χ0v) is 13.2. The van der Waals surface area contributed by atoms with Gasteiger partial charge in [-0.3, -0.25) is 9.78 Å². The number of rotatable bonds is 3. The number of fused-ring (bicyclic) bond motifs is 3. The molecule has 1 amide bonds. The average molecular weight is 323 g/mol. The maximum Gasteiger partial charge on any atom is 0.252 e. The van der Waals surface area contributed by atoms with Crippen LogP contribution in [0.2, 0.25) is 0 Å². The van der Waals surface area contributed by atoms with Crippen LogP contribution in [0.4, 0.5) is 10.1 Å². The number of nitrogens with zero attached hydrogens (tertiary/aromatic N) is 1. The van der Waals surface area contributed by atoms with Gasteiger partial charge in [0, 0.05) is 18.0 Å². The quantitative estimate of drug-likeness (QED) is 0.912. The lowest BCUT2D eigenvalue weighted by atomic mass is 10.1. The van der Waals surface area contributed by atoms with E-state index < -0.39 is 0 Å². The van der Waals surface area contributed by atoms with Crippen LogP contribution in [-0.4, -0.2) is 17.4 Å². The van der Waals surface area contributed by atoms with Crippen molar-refractivity contribution in [3.63, 3.8) is 0 Å². The van der Waals surface area contributed by atoms with E-state index in [1.165, 1.54) is 30.7 Å². The first-order valence-electron chi connectivity index (χ1n) is 8.48. The van der Waals surface area contributed by atoms with E-state index in [0.29, 0.717) is 11.5 Å². The molecule has 24 heavy (non-hydrogen) atoms. The number of halogens is 1. The summed E-state index contributed by atoms with van der Waals surface area (Å²) < 4.78 is 13.0. The van der Waals surface area contributed by atoms with E-state index in [0.717, 1.165) is 42.4 Å². The summed E-state index contributed by atoms with van der Waals surface area (Å²) in [6, 6.07) is 9.76. The number of amides is 1. The van der Waals surface area contributed by atoms with Crippen molar-refractivity contribution in [2.45, 2.75) is 30.7 Å². The summed E-state index contributed by atoms with van der Waals surface area (Å²) in [6.45, 7) is 1.05. The van der Waals surface area contributed by atoms with E-state index in [9.17, 15) is 9.18 Å². The van der Waals surface area contributed by atoms with E-state index in [-0.39, 0.29) is 17.3 Å². The minimum absolute atomic E-state index is 0.172. The number of pyridine rings is 1. The van der Waals surface area contributed by atoms with Gasteiger partial charge in [-0.25, -0.2) is 4.39 Å². The highest BCUT2D eigenvalue weighted by atomic mass is 19.1. The number of aromatic nitrogens is 1. The molecule has 5 rings (SSSR count). The van der Waals surface area contributed by atoms with Crippen molar-refractivity contribution >= 4 is 11.6 Å². The van der Waals surface area contributed by atoms with Crippen molar-refractivity contribution < 1.29 is 9.18 Å². The minimum atomic E-state index is -0.359. The van der Waals surface area contributed by atoms with Gasteiger partial charge in [0.25, 0.3) is 5.91 Å². The summed E-state index contributed by atoms with van der Waals surface area (Å²) >= 11 is 0. The van der Waals surface area contributed by atoms with Crippen LogP contribution in [0.5, 0.6) is 0 Å². The molecule has 0 spiro atoms. The molecule has 2 saturated carbocycles. The van der Waals surface area contributed by atoms with Crippen molar-refractivity contribution in [2.24, 2.45) is 5.92 Å². The highest BCUT2D eigenvalue weighted by Gasteiger charge is 2.49. The molecule has 2 aliphatic carbocycles. The van der Waals surface area contributed by atoms with Gasteiger partial charge >= 0.3 is 0 Å². The molecule has 0 bridgehead atoms. The van der Waals surface area contributed by atoms with Gasteiger partial charge in [0.15, 0.2) is 0 Å². The summed E-state index contributed by atoms with van der Waals surface area (Å²) in [5.41, 5.74) is 3.36. The molecule has 0 radical (unpaired) electrons. The van der Waals surface area contributed by atoms with Crippen molar-refractivity contribution in [3.8, 4) is 0 Å². The van der Waals surface area contributed by atoms with Gasteiger partial charge in [-0.05, 0) is 61.6 Å². The SMILES string of the molecule is O=C(NC1(c2ccc3c(n2)C2CC2CN3)CC1)c1ccc(F)cc1. The number of nitrogens with one attached hydrogen (secondary N) is 2. The molecule has 4 nitrogen and oxygen atoms in total. The molecular weight excluding hydrogens is 305 g/mol. The second-order valence-corrected chi connectivity index (χ2v) is 7.16. The first kappa shape index (κ1) is 14.0. The van der Waals surface area contributed by atoms with Crippen LogP contribution in [0.3, 0.4) is 0 Å². The van der Waals surface area contributed by atoms with E-state index >= 15 is 0 Å². The molecule has 2 heterocycles. The zero-order chi connectivity index (χ0) is 16.3. The first-order valence-corrected chi connectivity index (χ1v) is 8.48. The summed E-state index contributed by atoms with van der Waals surface area (Å²) in [6.07, 6.45) is 3.01. The number of carbonyl (C=O) groups is 1. The standard InChI is InChI=1S/C19H18FN3O/c20-13-3-1-11(2-4-13)18(24)23-19(7-8-19)16-6-5-15-17(22-16)14-9-12(14)10-21-15/h1-6,12,14,21H,7-10H2,(H,23,24). The van der Waals surface area contributed by atoms with Crippen LogP contribution >= 0.6 is 0 Å². The molecule has 122 valence electrons. The average Bonchev–Trinajstić information content (AvgIpc) is 3.50. The third-order valence-electron chi connectivity index (χ3n) is 5.45. The smallest absolute Gasteiger partial charge is 0.252 e. The van der Waals surface area contributed by atoms with Gasteiger partial charge in [-0.15, -0.1) is 0 Å². The number of carbonyl (C=O) groups excluding carboxylic acids is 1. The fraction of sp³-hybridized carbons (Fsp3) is 0.368. The fourth-order valence-corrected chi connectivity index (χ4v) is 3.68. The maximum atomic E-state index is 13.0. The molecule has 2 atom stereocenters. The molecule has 0 saturated heterocycles. The molecule has 3 aliphatic rings. The van der Waals surface area contributed by atoms with E-state index in [2.05, 4.69) is 16.7 Å². The van der Waals surface area contributed by atoms with Crippen molar-refractivity contribution in [3.05, 3.63) is 59.2 Å². The normalized spacial score (nSPS) is 25.0. The lowest BCUT2D eigenvalue weighted by molar-refractivity contribution is 0.0929. The summed E-state index contributed by atoms with van der Waals surface area (Å²) in [7, 11) is 0. The molecule has 1 aromatic heterocycles. The molecule has 2 aromatic rings. The van der Waals surface area contributed by atoms with E-state index in [4.69, 9.17) is 4.98 Å². The number of hydrogen-bond donors (Lipinski definition) is 2. The predicted molar refractivity (Wildman–Crippen MR) is 88.4 cm³/mol. The lowest BCUT2D eigenvalue weighted by Crippen LogP contribution is -2.35. The van der Waals surface area contributed by atoms with Gasteiger partial charge in [0.1, 0.15) is 5.82 Å². The number of benzene rings is 1. The maximum absolute atomic E-state index is 13.0. The van der Waals surface area contributed by atoms with Gasteiger partial charge in [0.2, 0.25) is 0 Å². The second kappa shape index (κ2) is 4.79. The molecule has 5 heteroatoms. The Bertz CT molecular complexity index is 829. The van der Waals surface area contributed by atoms with Crippen LogP contribution < -0.4 is 10.6 Å². The summed E-state index contributed by atoms with van der Waals surface area (Å²) in [4.78, 5) is 17.4. The molecule has 2 unspecified atom stereocenters. The highest BCUT2D eigenvalue weighted by molar-refractivity contribution is 5.95. The Balaban J connectivity index is 1.41. The predicted octanol–water partition coefficient (Wildman–Crippen LogP) is 3.17. The lowest BCUT2D eigenvalue weighted by Gasteiger charge is -2.21. The van der Waals surface area contributed by atoms with Gasteiger partial charge in [-0.1, -0.05) is 0 Å². The summed E-state index contributed by atoms with van der Waals surface area (Å²) in [5, 5.41) is 6.55. The van der Waals surface area contributed by atoms with E-state index in [1.807, 2.05) is 6.07 Å². The van der Waals surface area contributed by atoms with Gasteiger partial charge < -0.3 is 10.6 Å². The van der Waals surface area contributed by atoms with Crippen LogP contribution in [-0.2, 0) is 5.54 Å². The molecule has 1 aromatic carbocycles. The Morgan fingerprint density at radius 3 is 2.75 bits per heavy atom. The van der Waals surface area contributed by atoms with Gasteiger partial charge in [0.05, 0.1) is 22.6 Å². The molecule has 1 aliphatic heterocycles. The molecular formula is C19H18FN3O. The fourth-order valence-electron chi connectivity index (χ4n) is 3.68. The Morgan fingerprint density at radius 2 is 2.00 bits per heavy atom. The highest BCUT2D eigenvalue weighted by Crippen LogP contribution is 2.53. The van der Waals surface area contributed by atoms with Crippen LogP contribution in [0, 0.1) is 11.7 Å². The van der Waals surface area contributed by atoms with Gasteiger partial charge in [-0.2, -0.15) is 0 Å². The zero-order valence-electron chi connectivity index (χ0n) is 13.2. The van der Waals surface area contributed by atoms with E-state index in [1.54, 1.807) is 0 Å². The second-order valence-electron chi connectivity index (χ2n) is 7.16. The molecule has 2 N–H and O–H groups in total. The third-order valence-corrected chi connectivity index (χ3v) is 5.45. The van der Waals surface area contributed by atoms with Crippen LogP contribution in [0.15, 0.2) is 36.4 Å². The monoisotopic (exact) mass is 323 g/mol. The Morgan fingerprint density at radius 1 is 1.21 bits per heavy atom. The first-order chi connectivity index (χ1) is 11.6. The molecule has 2 fully saturated rings. The van der Waals surface area contributed by atoms with Crippen molar-refractivity contribution in [2.75, 3.05) is 11.9 Å². The Kier molecular flexibility index (Phi) is 2.78. The Labute approximate surface area is 139 Å². The number of hydrogen-bond acceptors (Lipinski definition) is 3. The van der Waals surface area contributed by atoms with Crippen LogP contribution in [0.25, 0.3) is 0 Å². The largest absolute Gasteiger partial charge is 0.383 e. The summed E-state index contributed by atoms with van der Waals surface area (Å²) in [5.74, 6) is 0.805. The Hall–Kier alpha value is -2.43. The van der Waals surface area contributed by atoms with Crippen LogP contribution in [0.1, 0.15) is 46.9 Å². The third kappa shape index (κ3) is 2.19.